The van der Waals surface area contributed by atoms with Gasteiger partial charge in [0.05, 0.1) is 12.0 Å². The highest BCUT2D eigenvalue weighted by Crippen LogP contribution is 2.33. The highest BCUT2D eigenvalue weighted by atomic mass is 16.5. The van der Waals surface area contributed by atoms with Crippen LogP contribution in [-0.2, 0) is 9.53 Å². The Morgan fingerprint density at radius 1 is 1.17 bits per heavy atom. The smallest absolute Gasteiger partial charge is 0.306 e. The van der Waals surface area contributed by atoms with Crippen molar-refractivity contribution in [3.05, 3.63) is 29.8 Å². The van der Waals surface area contributed by atoms with Crippen molar-refractivity contribution >= 4 is 11.7 Å². The van der Waals surface area contributed by atoms with E-state index in [1.54, 1.807) is 7.11 Å². The van der Waals surface area contributed by atoms with Gasteiger partial charge in [0.15, 0.2) is 0 Å². The Hall–Kier alpha value is -1.55. The second-order valence-electron chi connectivity index (χ2n) is 7.14. The van der Waals surface area contributed by atoms with Gasteiger partial charge in [0.2, 0.25) is 0 Å². The van der Waals surface area contributed by atoms with E-state index in [0.29, 0.717) is 18.3 Å². The molecular weight excluding hydrogens is 302 g/mol. The molecule has 0 aliphatic carbocycles. The third-order valence-electron chi connectivity index (χ3n) is 4.81. The van der Waals surface area contributed by atoms with E-state index in [4.69, 9.17) is 4.74 Å². The standard InChI is InChI=1S/C20H33NO3/c1-7-16(20(22)23)13-14(2)12-15(3)19(24-6)17-8-10-18(11-9-17)21(4)5/h8-11,14-16,19H,7,12-13H2,1-6H3,(H,22,23). The number of benzene rings is 1. The van der Waals surface area contributed by atoms with Crippen molar-refractivity contribution in [2.45, 2.75) is 46.1 Å². The normalized spacial score (nSPS) is 16.2. The first-order chi connectivity index (χ1) is 11.3. The summed E-state index contributed by atoms with van der Waals surface area (Å²) >= 11 is 0. The third kappa shape index (κ3) is 5.82. The Labute approximate surface area is 146 Å². The predicted octanol–water partition coefficient (Wildman–Crippen LogP) is 4.60. The van der Waals surface area contributed by atoms with Crippen LogP contribution in [0.25, 0.3) is 0 Å². The Morgan fingerprint density at radius 2 is 1.75 bits per heavy atom. The summed E-state index contributed by atoms with van der Waals surface area (Å²) in [6.45, 7) is 6.27. The highest BCUT2D eigenvalue weighted by Gasteiger charge is 2.24. The molecule has 0 aromatic heterocycles. The van der Waals surface area contributed by atoms with Gasteiger partial charge in [-0.3, -0.25) is 4.79 Å². The molecule has 0 amide bonds. The van der Waals surface area contributed by atoms with Gasteiger partial charge in [-0.2, -0.15) is 0 Å². The van der Waals surface area contributed by atoms with Gasteiger partial charge in [-0.25, -0.2) is 0 Å². The Balaban J connectivity index is 2.72. The highest BCUT2D eigenvalue weighted by molar-refractivity contribution is 5.69. The molecule has 1 rings (SSSR count). The lowest BCUT2D eigenvalue weighted by molar-refractivity contribution is -0.142. The first kappa shape index (κ1) is 20.5. The molecule has 4 nitrogen and oxygen atoms in total. The fourth-order valence-electron chi connectivity index (χ4n) is 3.44. The number of carboxylic acid groups (broad SMARTS) is 1. The minimum absolute atomic E-state index is 0.0357. The fraction of sp³-hybridized carbons (Fsp3) is 0.650. The zero-order valence-corrected chi connectivity index (χ0v) is 16.0. The van der Waals surface area contributed by atoms with E-state index >= 15 is 0 Å². The van der Waals surface area contributed by atoms with Crippen molar-refractivity contribution in [1.29, 1.82) is 0 Å². The summed E-state index contributed by atoms with van der Waals surface area (Å²) in [6.07, 6.45) is 2.41. The largest absolute Gasteiger partial charge is 0.481 e. The van der Waals surface area contributed by atoms with Crippen molar-refractivity contribution in [3.8, 4) is 0 Å². The molecular formula is C20H33NO3. The van der Waals surface area contributed by atoms with Gasteiger partial charge in [-0.05, 0) is 48.8 Å². The van der Waals surface area contributed by atoms with E-state index in [1.165, 1.54) is 11.3 Å². The molecule has 4 heteroatoms. The Morgan fingerprint density at radius 3 is 2.17 bits per heavy atom. The van der Waals surface area contributed by atoms with Crippen LogP contribution in [0, 0.1) is 17.8 Å². The Kier molecular flexibility index (Phi) is 8.26. The van der Waals surface area contributed by atoms with Gasteiger partial charge in [0, 0.05) is 26.9 Å². The molecule has 0 spiro atoms. The van der Waals surface area contributed by atoms with Crippen molar-refractivity contribution in [1.82, 2.24) is 0 Å². The van der Waals surface area contributed by atoms with Crippen molar-refractivity contribution in [2.24, 2.45) is 17.8 Å². The zero-order chi connectivity index (χ0) is 18.3. The maximum atomic E-state index is 11.2. The fourth-order valence-corrected chi connectivity index (χ4v) is 3.44. The average molecular weight is 335 g/mol. The van der Waals surface area contributed by atoms with E-state index in [2.05, 4.69) is 43.0 Å². The molecule has 0 radical (unpaired) electrons. The lowest BCUT2D eigenvalue weighted by Gasteiger charge is -2.27. The summed E-state index contributed by atoms with van der Waals surface area (Å²) in [6, 6.07) is 8.46. The number of hydrogen-bond donors (Lipinski definition) is 1. The van der Waals surface area contributed by atoms with Gasteiger partial charge >= 0.3 is 5.97 Å². The second-order valence-corrected chi connectivity index (χ2v) is 7.14. The first-order valence-corrected chi connectivity index (χ1v) is 8.82. The molecule has 1 aromatic carbocycles. The summed E-state index contributed by atoms with van der Waals surface area (Å²) in [5.74, 6) is -0.228. The first-order valence-electron chi connectivity index (χ1n) is 8.82. The Bertz CT molecular complexity index is 498. The number of rotatable bonds is 10. The molecule has 4 unspecified atom stereocenters. The van der Waals surface area contributed by atoms with E-state index in [0.717, 1.165) is 12.8 Å². The van der Waals surface area contributed by atoms with E-state index in [1.807, 2.05) is 21.0 Å². The molecule has 0 fully saturated rings. The van der Waals surface area contributed by atoms with Gasteiger partial charge in [0.1, 0.15) is 0 Å². The molecule has 0 heterocycles. The van der Waals surface area contributed by atoms with Crippen molar-refractivity contribution in [2.75, 3.05) is 26.1 Å². The molecule has 136 valence electrons. The molecule has 1 aromatic rings. The lowest BCUT2D eigenvalue weighted by Crippen LogP contribution is -2.20. The molecule has 0 aliphatic rings. The van der Waals surface area contributed by atoms with Crippen LogP contribution in [0.3, 0.4) is 0 Å². The number of methoxy groups -OCH3 is 1. The maximum Gasteiger partial charge on any atom is 0.306 e. The van der Waals surface area contributed by atoms with E-state index < -0.39 is 5.97 Å². The molecule has 1 N–H and O–H groups in total. The molecule has 0 aliphatic heterocycles. The SMILES string of the molecule is CCC(CC(C)CC(C)C(OC)c1ccc(N(C)C)cc1)C(=O)O. The summed E-state index contributed by atoms with van der Waals surface area (Å²) in [5, 5.41) is 9.23. The van der Waals surface area contributed by atoms with Crippen LogP contribution in [0.15, 0.2) is 24.3 Å². The van der Waals surface area contributed by atoms with Gasteiger partial charge in [0.25, 0.3) is 0 Å². The minimum atomic E-state index is -0.681. The molecule has 4 atom stereocenters. The molecule has 24 heavy (non-hydrogen) atoms. The minimum Gasteiger partial charge on any atom is -0.481 e. The number of anilines is 1. The number of carbonyl (C=O) groups is 1. The molecule has 0 bridgehead atoms. The lowest BCUT2D eigenvalue weighted by atomic mass is 9.84. The second kappa shape index (κ2) is 9.67. The molecule has 0 saturated carbocycles. The van der Waals surface area contributed by atoms with Gasteiger partial charge < -0.3 is 14.7 Å². The quantitative estimate of drug-likeness (QED) is 0.679. The number of ether oxygens (including phenoxy) is 1. The summed E-state index contributed by atoms with van der Waals surface area (Å²) in [7, 11) is 5.80. The molecule has 0 saturated heterocycles. The van der Waals surface area contributed by atoms with Crippen LogP contribution in [0.2, 0.25) is 0 Å². The summed E-state index contributed by atoms with van der Waals surface area (Å²) in [4.78, 5) is 13.3. The maximum absolute atomic E-state index is 11.2. The number of hydrogen-bond acceptors (Lipinski definition) is 3. The third-order valence-corrected chi connectivity index (χ3v) is 4.81. The average Bonchev–Trinajstić information content (AvgIpc) is 2.53. The van der Waals surface area contributed by atoms with Gasteiger partial charge in [-0.15, -0.1) is 0 Å². The van der Waals surface area contributed by atoms with E-state index in [-0.39, 0.29) is 12.0 Å². The van der Waals surface area contributed by atoms with Gasteiger partial charge in [-0.1, -0.05) is 32.9 Å². The van der Waals surface area contributed by atoms with Crippen molar-refractivity contribution in [3.63, 3.8) is 0 Å². The van der Waals surface area contributed by atoms with Crippen LogP contribution in [0.4, 0.5) is 5.69 Å². The summed E-state index contributed by atoms with van der Waals surface area (Å²) in [5.41, 5.74) is 2.34. The van der Waals surface area contributed by atoms with Crippen LogP contribution < -0.4 is 4.90 Å². The number of nitrogens with zero attached hydrogens (tertiary/aromatic N) is 1. The van der Waals surface area contributed by atoms with Crippen molar-refractivity contribution < 1.29 is 14.6 Å². The zero-order valence-electron chi connectivity index (χ0n) is 16.0. The van der Waals surface area contributed by atoms with E-state index in [9.17, 15) is 9.90 Å². The van der Waals surface area contributed by atoms with Crippen LogP contribution in [-0.4, -0.2) is 32.3 Å². The number of carboxylic acids is 1. The van der Waals surface area contributed by atoms with Crippen LogP contribution in [0.5, 0.6) is 0 Å². The van der Waals surface area contributed by atoms with Crippen LogP contribution in [0.1, 0.15) is 51.7 Å². The predicted molar refractivity (Wildman–Crippen MR) is 99.5 cm³/mol. The number of aliphatic carboxylic acids is 1. The summed E-state index contributed by atoms with van der Waals surface area (Å²) < 4.78 is 5.75. The topological polar surface area (TPSA) is 49.8 Å². The monoisotopic (exact) mass is 335 g/mol. The van der Waals surface area contributed by atoms with Crippen LogP contribution >= 0.6 is 0 Å².